The summed E-state index contributed by atoms with van der Waals surface area (Å²) in [6.45, 7) is 4.62. The van der Waals surface area contributed by atoms with Gasteiger partial charge in [-0.1, -0.05) is 30.3 Å². The summed E-state index contributed by atoms with van der Waals surface area (Å²) < 4.78 is 5.63. The third-order valence-corrected chi connectivity index (χ3v) is 3.50. The van der Waals surface area contributed by atoms with Crippen LogP contribution in [0.1, 0.15) is 12.5 Å². The van der Waals surface area contributed by atoms with E-state index in [1.165, 1.54) is 0 Å². The summed E-state index contributed by atoms with van der Waals surface area (Å²) in [5.74, 6) is 2.04. The Morgan fingerprint density at radius 3 is 2.46 bits per heavy atom. The maximum absolute atomic E-state index is 5.63. The smallest absolute Gasteiger partial charge is 0.229 e. The Morgan fingerprint density at radius 2 is 1.67 bits per heavy atom. The SMILES string of the molecule is CCOc1ccccc1Nc1ccnc(Nc2ccccc2C)n1. The van der Waals surface area contributed by atoms with Gasteiger partial charge in [-0.2, -0.15) is 4.98 Å². The fourth-order valence-corrected chi connectivity index (χ4v) is 2.31. The summed E-state index contributed by atoms with van der Waals surface area (Å²) in [4.78, 5) is 8.80. The van der Waals surface area contributed by atoms with Crippen LogP contribution in [0.4, 0.5) is 23.1 Å². The van der Waals surface area contributed by atoms with Gasteiger partial charge in [-0.25, -0.2) is 4.98 Å². The van der Waals surface area contributed by atoms with Gasteiger partial charge in [-0.3, -0.25) is 0 Å². The first kappa shape index (κ1) is 15.8. The summed E-state index contributed by atoms with van der Waals surface area (Å²) in [6, 6.07) is 17.7. The normalized spacial score (nSPS) is 10.2. The lowest BCUT2D eigenvalue weighted by Crippen LogP contribution is -2.02. The quantitative estimate of drug-likeness (QED) is 0.691. The molecule has 2 N–H and O–H groups in total. The number of rotatable bonds is 6. The maximum Gasteiger partial charge on any atom is 0.229 e. The van der Waals surface area contributed by atoms with Crippen molar-refractivity contribution in [3.05, 3.63) is 66.4 Å². The number of hydrogen-bond acceptors (Lipinski definition) is 5. The van der Waals surface area contributed by atoms with Crippen LogP contribution in [-0.4, -0.2) is 16.6 Å². The highest BCUT2D eigenvalue weighted by Crippen LogP contribution is 2.27. The topological polar surface area (TPSA) is 59.1 Å². The second kappa shape index (κ2) is 7.46. The molecule has 0 atom stereocenters. The van der Waals surface area contributed by atoms with E-state index in [4.69, 9.17) is 4.74 Å². The Hall–Kier alpha value is -3.08. The third kappa shape index (κ3) is 3.81. The number of ether oxygens (including phenoxy) is 1. The second-order valence-corrected chi connectivity index (χ2v) is 5.26. The highest BCUT2D eigenvalue weighted by molar-refractivity contribution is 5.65. The molecule has 0 aliphatic heterocycles. The van der Waals surface area contributed by atoms with Crippen molar-refractivity contribution in [1.29, 1.82) is 0 Å². The molecule has 0 bridgehead atoms. The number of nitrogens with one attached hydrogen (secondary N) is 2. The van der Waals surface area contributed by atoms with Gasteiger partial charge in [0.2, 0.25) is 5.95 Å². The van der Waals surface area contributed by atoms with Gasteiger partial charge in [0.1, 0.15) is 11.6 Å². The van der Waals surface area contributed by atoms with Crippen LogP contribution in [0, 0.1) is 6.92 Å². The van der Waals surface area contributed by atoms with Gasteiger partial charge in [0.15, 0.2) is 0 Å². The van der Waals surface area contributed by atoms with E-state index >= 15 is 0 Å². The number of para-hydroxylation sites is 3. The molecule has 2 aromatic carbocycles. The van der Waals surface area contributed by atoms with Crippen LogP contribution in [0.25, 0.3) is 0 Å². The van der Waals surface area contributed by atoms with Crippen LogP contribution >= 0.6 is 0 Å². The minimum atomic E-state index is 0.545. The monoisotopic (exact) mass is 320 g/mol. The van der Waals surface area contributed by atoms with Gasteiger partial charge in [0.25, 0.3) is 0 Å². The average molecular weight is 320 g/mol. The van der Waals surface area contributed by atoms with Gasteiger partial charge in [-0.15, -0.1) is 0 Å². The van der Waals surface area contributed by atoms with Crippen LogP contribution in [0.15, 0.2) is 60.8 Å². The Kier molecular flexibility index (Phi) is 4.91. The zero-order chi connectivity index (χ0) is 16.8. The second-order valence-electron chi connectivity index (χ2n) is 5.26. The molecule has 5 heteroatoms. The highest BCUT2D eigenvalue weighted by Gasteiger charge is 2.06. The van der Waals surface area contributed by atoms with Crippen molar-refractivity contribution in [3.63, 3.8) is 0 Å². The lowest BCUT2D eigenvalue weighted by molar-refractivity contribution is 0.342. The van der Waals surface area contributed by atoms with Crippen LogP contribution in [-0.2, 0) is 0 Å². The molecule has 0 saturated carbocycles. The van der Waals surface area contributed by atoms with E-state index in [0.717, 1.165) is 22.7 Å². The molecule has 122 valence electrons. The summed E-state index contributed by atoms with van der Waals surface area (Å²) in [7, 11) is 0. The molecule has 3 rings (SSSR count). The summed E-state index contributed by atoms with van der Waals surface area (Å²) >= 11 is 0. The Balaban J connectivity index is 1.80. The molecular formula is C19H20N4O. The molecule has 0 aliphatic carbocycles. The maximum atomic E-state index is 5.63. The molecule has 0 amide bonds. The highest BCUT2D eigenvalue weighted by atomic mass is 16.5. The molecule has 0 aliphatic rings. The van der Waals surface area contributed by atoms with E-state index in [1.807, 2.05) is 68.4 Å². The van der Waals surface area contributed by atoms with E-state index in [-0.39, 0.29) is 0 Å². The number of aryl methyl sites for hydroxylation is 1. The first-order chi connectivity index (χ1) is 11.8. The molecule has 24 heavy (non-hydrogen) atoms. The zero-order valence-corrected chi connectivity index (χ0v) is 13.8. The van der Waals surface area contributed by atoms with Crippen molar-refractivity contribution in [3.8, 4) is 5.75 Å². The van der Waals surface area contributed by atoms with Gasteiger partial charge < -0.3 is 15.4 Å². The number of benzene rings is 2. The molecule has 1 heterocycles. The van der Waals surface area contributed by atoms with Gasteiger partial charge >= 0.3 is 0 Å². The number of nitrogens with zero attached hydrogens (tertiary/aromatic N) is 2. The minimum absolute atomic E-state index is 0.545. The Labute approximate surface area is 141 Å². The molecular weight excluding hydrogens is 300 g/mol. The molecule has 0 unspecified atom stereocenters. The molecule has 5 nitrogen and oxygen atoms in total. The first-order valence-corrected chi connectivity index (χ1v) is 7.91. The van der Waals surface area contributed by atoms with E-state index in [1.54, 1.807) is 6.20 Å². The Morgan fingerprint density at radius 1 is 0.917 bits per heavy atom. The largest absolute Gasteiger partial charge is 0.492 e. The van der Waals surface area contributed by atoms with Crippen LogP contribution in [0.3, 0.4) is 0 Å². The number of aromatic nitrogens is 2. The standard InChI is InChI=1S/C19H20N4O/c1-3-24-17-11-7-6-10-16(17)21-18-12-13-20-19(23-18)22-15-9-5-4-8-14(15)2/h4-13H,3H2,1-2H3,(H2,20,21,22,23). The van der Waals surface area contributed by atoms with Gasteiger partial charge in [0, 0.05) is 11.9 Å². The number of anilines is 4. The first-order valence-electron chi connectivity index (χ1n) is 7.91. The number of hydrogen-bond donors (Lipinski definition) is 2. The van der Waals surface area contributed by atoms with E-state index < -0.39 is 0 Å². The van der Waals surface area contributed by atoms with E-state index in [9.17, 15) is 0 Å². The van der Waals surface area contributed by atoms with Crippen molar-refractivity contribution in [2.45, 2.75) is 13.8 Å². The molecule has 0 fully saturated rings. The van der Waals surface area contributed by atoms with Crippen LogP contribution < -0.4 is 15.4 Å². The molecule has 1 aromatic heterocycles. The fourth-order valence-electron chi connectivity index (χ4n) is 2.31. The van der Waals surface area contributed by atoms with Crippen molar-refractivity contribution in [2.24, 2.45) is 0 Å². The summed E-state index contributed by atoms with van der Waals surface area (Å²) in [5, 5.41) is 6.53. The average Bonchev–Trinajstić information content (AvgIpc) is 2.59. The lowest BCUT2D eigenvalue weighted by atomic mass is 10.2. The van der Waals surface area contributed by atoms with Crippen molar-refractivity contribution in [1.82, 2.24) is 9.97 Å². The van der Waals surface area contributed by atoms with Crippen molar-refractivity contribution in [2.75, 3.05) is 17.2 Å². The van der Waals surface area contributed by atoms with Crippen LogP contribution in [0.5, 0.6) is 5.75 Å². The predicted molar refractivity (Wildman–Crippen MR) is 97.4 cm³/mol. The molecule has 3 aromatic rings. The molecule has 0 spiro atoms. The zero-order valence-electron chi connectivity index (χ0n) is 13.8. The minimum Gasteiger partial charge on any atom is -0.492 e. The summed E-state index contributed by atoms with van der Waals surface area (Å²) in [6.07, 6.45) is 1.72. The molecule has 0 saturated heterocycles. The van der Waals surface area contributed by atoms with Crippen molar-refractivity contribution < 1.29 is 4.74 Å². The fraction of sp³-hybridized carbons (Fsp3) is 0.158. The molecule has 0 radical (unpaired) electrons. The van der Waals surface area contributed by atoms with Gasteiger partial charge in [-0.05, 0) is 43.7 Å². The predicted octanol–water partition coefficient (Wildman–Crippen LogP) is 4.67. The van der Waals surface area contributed by atoms with Crippen molar-refractivity contribution >= 4 is 23.1 Å². The van der Waals surface area contributed by atoms with E-state index in [0.29, 0.717) is 18.4 Å². The third-order valence-electron chi connectivity index (χ3n) is 3.50. The summed E-state index contributed by atoms with van der Waals surface area (Å²) in [5.41, 5.74) is 3.01. The van der Waals surface area contributed by atoms with E-state index in [2.05, 4.69) is 20.6 Å². The van der Waals surface area contributed by atoms with Gasteiger partial charge in [0.05, 0.1) is 12.3 Å². The lowest BCUT2D eigenvalue weighted by Gasteiger charge is -2.12. The Bertz CT molecular complexity index is 820. The van der Waals surface area contributed by atoms with Crippen LogP contribution in [0.2, 0.25) is 0 Å².